The van der Waals surface area contributed by atoms with Crippen LogP contribution in [0.15, 0.2) is 18.2 Å². The number of amides is 1. The van der Waals surface area contributed by atoms with Gasteiger partial charge in [-0.05, 0) is 36.8 Å². The Balaban J connectivity index is 2.03. The highest BCUT2D eigenvalue weighted by atomic mass is 16.2. The SMILES string of the molecule is CCc1cccc(CC)c1NCC(=O)N(C)C1CC1. The summed E-state index contributed by atoms with van der Waals surface area (Å²) in [5.74, 6) is 0.190. The summed E-state index contributed by atoms with van der Waals surface area (Å²) in [5.41, 5.74) is 3.74. The van der Waals surface area contributed by atoms with E-state index >= 15 is 0 Å². The predicted molar refractivity (Wildman–Crippen MR) is 79.5 cm³/mol. The van der Waals surface area contributed by atoms with Gasteiger partial charge in [-0.2, -0.15) is 0 Å². The molecule has 1 N–H and O–H groups in total. The highest BCUT2D eigenvalue weighted by molar-refractivity contribution is 5.81. The number of hydrogen-bond donors (Lipinski definition) is 1. The van der Waals surface area contributed by atoms with Gasteiger partial charge in [-0.15, -0.1) is 0 Å². The molecule has 3 nitrogen and oxygen atoms in total. The molecule has 19 heavy (non-hydrogen) atoms. The fourth-order valence-electron chi connectivity index (χ4n) is 2.42. The normalized spacial score (nSPS) is 14.3. The Morgan fingerprint density at radius 2 is 1.84 bits per heavy atom. The number of carbonyl (C=O) groups is 1. The van der Waals surface area contributed by atoms with Crippen LogP contribution in [0, 0.1) is 0 Å². The number of aryl methyl sites for hydroxylation is 2. The molecule has 0 aliphatic heterocycles. The van der Waals surface area contributed by atoms with E-state index < -0.39 is 0 Å². The summed E-state index contributed by atoms with van der Waals surface area (Å²) in [5, 5.41) is 3.36. The second-order valence-corrected chi connectivity index (χ2v) is 5.25. The fourth-order valence-corrected chi connectivity index (χ4v) is 2.42. The molecule has 104 valence electrons. The summed E-state index contributed by atoms with van der Waals surface area (Å²) >= 11 is 0. The smallest absolute Gasteiger partial charge is 0.241 e. The van der Waals surface area contributed by atoms with E-state index in [2.05, 4.69) is 37.4 Å². The summed E-state index contributed by atoms with van der Waals surface area (Å²) in [6.45, 7) is 4.70. The van der Waals surface area contributed by atoms with Crippen LogP contribution in [0.2, 0.25) is 0 Å². The van der Waals surface area contributed by atoms with Crippen LogP contribution in [-0.4, -0.2) is 30.4 Å². The minimum atomic E-state index is 0.190. The molecule has 1 aliphatic carbocycles. The lowest BCUT2D eigenvalue weighted by Crippen LogP contribution is -2.34. The van der Waals surface area contributed by atoms with Gasteiger partial charge >= 0.3 is 0 Å². The Bertz CT molecular complexity index is 430. The van der Waals surface area contributed by atoms with Gasteiger partial charge in [0.25, 0.3) is 0 Å². The quantitative estimate of drug-likeness (QED) is 0.853. The number of anilines is 1. The zero-order chi connectivity index (χ0) is 13.8. The summed E-state index contributed by atoms with van der Waals surface area (Å²) in [7, 11) is 1.91. The van der Waals surface area contributed by atoms with Gasteiger partial charge in [-0.1, -0.05) is 32.0 Å². The van der Waals surface area contributed by atoms with Crippen LogP contribution in [0.3, 0.4) is 0 Å². The van der Waals surface area contributed by atoms with Crippen LogP contribution in [0.4, 0.5) is 5.69 Å². The first-order valence-electron chi connectivity index (χ1n) is 7.27. The van der Waals surface area contributed by atoms with Crippen LogP contribution in [-0.2, 0) is 17.6 Å². The van der Waals surface area contributed by atoms with Gasteiger partial charge in [0.05, 0.1) is 6.54 Å². The zero-order valence-corrected chi connectivity index (χ0v) is 12.2. The number of likely N-dealkylation sites (N-methyl/N-ethyl adjacent to an activating group) is 1. The van der Waals surface area contributed by atoms with E-state index in [1.54, 1.807) is 0 Å². The molecular weight excluding hydrogens is 236 g/mol. The summed E-state index contributed by atoms with van der Waals surface area (Å²) in [6, 6.07) is 6.86. The molecule has 3 heteroatoms. The third-order valence-corrected chi connectivity index (χ3v) is 3.90. The maximum absolute atomic E-state index is 12.1. The first kappa shape index (κ1) is 13.9. The number of carbonyl (C=O) groups excluding carboxylic acids is 1. The Morgan fingerprint density at radius 1 is 1.26 bits per heavy atom. The van der Waals surface area contributed by atoms with E-state index in [0.29, 0.717) is 12.6 Å². The van der Waals surface area contributed by atoms with Crippen molar-refractivity contribution < 1.29 is 4.79 Å². The maximum atomic E-state index is 12.1. The van der Waals surface area contributed by atoms with Crippen LogP contribution in [0.1, 0.15) is 37.8 Å². The van der Waals surface area contributed by atoms with Crippen molar-refractivity contribution in [3.8, 4) is 0 Å². The van der Waals surface area contributed by atoms with Crippen LogP contribution in [0.5, 0.6) is 0 Å². The largest absolute Gasteiger partial charge is 0.376 e. The van der Waals surface area contributed by atoms with Crippen molar-refractivity contribution in [1.82, 2.24) is 4.90 Å². The molecule has 1 amide bonds. The van der Waals surface area contributed by atoms with Crippen molar-refractivity contribution in [3.05, 3.63) is 29.3 Å². The van der Waals surface area contributed by atoms with Crippen molar-refractivity contribution in [2.45, 2.75) is 45.6 Å². The van der Waals surface area contributed by atoms with Crippen LogP contribution < -0.4 is 5.32 Å². The third kappa shape index (κ3) is 3.28. The number of para-hydroxylation sites is 1. The second-order valence-electron chi connectivity index (χ2n) is 5.25. The highest BCUT2D eigenvalue weighted by Gasteiger charge is 2.29. The molecule has 1 aromatic carbocycles. The molecule has 0 heterocycles. The molecule has 2 rings (SSSR count). The Hall–Kier alpha value is -1.51. The number of rotatable bonds is 6. The molecule has 0 bridgehead atoms. The van der Waals surface area contributed by atoms with Gasteiger partial charge in [0.1, 0.15) is 0 Å². The molecule has 0 radical (unpaired) electrons. The van der Waals surface area contributed by atoms with Crippen LogP contribution in [0.25, 0.3) is 0 Å². The van der Waals surface area contributed by atoms with E-state index in [1.165, 1.54) is 11.1 Å². The minimum absolute atomic E-state index is 0.190. The molecular formula is C16H24N2O. The monoisotopic (exact) mass is 260 g/mol. The average Bonchev–Trinajstić information content (AvgIpc) is 3.27. The predicted octanol–water partition coefficient (Wildman–Crippen LogP) is 2.84. The van der Waals surface area contributed by atoms with E-state index in [4.69, 9.17) is 0 Å². The molecule has 0 spiro atoms. The van der Waals surface area contributed by atoms with Gasteiger partial charge in [0.15, 0.2) is 0 Å². The second kappa shape index (κ2) is 6.09. The summed E-state index contributed by atoms with van der Waals surface area (Å²) < 4.78 is 0. The summed E-state index contributed by atoms with van der Waals surface area (Å²) in [4.78, 5) is 13.9. The first-order chi connectivity index (χ1) is 9.17. The Labute approximate surface area is 116 Å². The molecule has 1 aliphatic rings. The van der Waals surface area contributed by atoms with Crippen molar-refractivity contribution in [2.75, 3.05) is 18.9 Å². The summed E-state index contributed by atoms with van der Waals surface area (Å²) in [6.07, 6.45) is 4.30. The van der Waals surface area contributed by atoms with E-state index in [1.807, 2.05) is 11.9 Å². The van der Waals surface area contributed by atoms with E-state index in [-0.39, 0.29) is 5.91 Å². The molecule has 0 unspecified atom stereocenters. The van der Waals surface area contributed by atoms with Crippen molar-refractivity contribution in [3.63, 3.8) is 0 Å². The van der Waals surface area contributed by atoms with E-state index in [9.17, 15) is 4.79 Å². The van der Waals surface area contributed by atoms with Gasteiger partial charge in [0.2, 0.25) is 5.91 Å². The number of nitrogens with one attached hydrogen (secondary N) is 1. The fraction of sp³-hybridized carbons (Fsp3) is 0.562. The molecule has 0 saturated heterocycles. The van der Waals surface area contributed by atoms with Crippen molar-refractivity contribution >= 4 is 11.6 Å². The standard InChI is InChI=1S/C16H24N2O/c1-4-12-7-6-8-13(5-2)16(12)17-11-15(19)18(3)14-9-10-14/h6-8,14,17H,4-5,9-11H2,1-3H3. The lowest BCUT2D eigenvalue weighted by atomic mass is 10.0. The molecule has 1 saturated carbocycles. The lowest BCUT2D eigenvalue weighted by Gasteiger charge is -2.19. The Morgan fingerprint density at radius 3 is 2.32 bits per heavy atom. The van der Waals surface area contributed by atoms with E-state index in [0.717, 1.165) is 31.4 Å². The first-order valence-corrected chi connectivity index (χ1v) is 7.27. The number of nitrogens with zero attached hydrogens (tertiary/aromatic N) is 1. The van der Waals surface area contributed by atoms with Gasteiger partial charge in [-0.25, -0.2) is 0 Å². The highest BCUT2D eigenvalue weighted by Crippen LogP contribution is 2.26. The molecule has 1 fully saturated rings. The molecule has 0 atom stereocenters. The molecule has 1 aromatic rings. The zero-order valence-electron chi connectivity index (χ0n) is 12.2. The number of benzene rings is 1. The van der Waals surface area contributed by atoms with Gasteiger partial charge < -0.3 is 10.2 Å². The van der Waals surface area contributed by atoms with Gasteiger partial charge in [0, 0.05) is 18.8 Å². The Kier molecular flexibility index (Phi) is 4.46. The van der Waals surface area contributed by atoms with Crippen LogP contribution >= 0.6 is 0 Å². The third-order valence-electron chi connectivity index (χ3n) is 3.90. The van der Waals surface area contributed by atoms with Gasteiger partial charge in [-0.3, -0.25) is 4.79 Å². The van der Waals surface area contributed by atoms with Crippen molar-refractivity contribution in [1.29, 1.82) is 0 Å². The number of hydrogen-bond acceptors (Lipinski definition) is 2. The molecule has 0 aromatic heterocycles. The minimum Gasteiger partial charge on any atom is -0.376 e. The maximum Gasteiger partial charge on any atom is 0.241 e. The van der Waals surface area contributed by atoms with Crippen molar-refractivity contribution in [2.24, 2.45) is 0 Å². The topological polar surface area (TPSA) is 32.3 Å². The average molecular weight is 260 g/mol. The lowest BCUT2D eigenvalue weighted by molar-refractivity contribution is -0.128.